The van der Waals surface area contributed by atoms with Crippen LogP contribution in [0.25, 0.3) is 0 Å². The maximum atomic E-state index is 13.8. The molecule has 2 amide bonds. The Morgan fingerprint density at radius 2 is 1.93 bits per heavy atom. The van der Waals surface area contributed by atoms with E-state index in [-0.39, 0.29) is 62.6 Å². The van der Waals surface area contributed by atoms with E-state index in [1.54, 1.807) is 25.1 Å². The highest BCUT2D eigenvalue weighted by Gasteiger charge is 2.41. The normalized spacial score (nSPS) is 18.3. The summed E-state index contributed by atoms with van der Waals surface area (Å²) in [5, 5.41) is 32.9. The molecule has 3 rings (SSSR count). The number of ketones is 1. The van der Waals surface area contributed by atoms with E-state index in [4.69, 9.17) is 9.47 Å². The van der Waals surface area contributed by atoms with Gasteiger partial charge in [-0.2, -0.15) is 0 Å². The molecule has 222 valence electrons. The van der Waals surface area contributed by atoms with Gasteiger partial charge in [-0.15, -0.1) is 0 Å². The molecule has 0 spiro atoms. The molecule has 2 aromatic carbocycles. The Morgan fingerprint density at radius 1 is 1.17 bits per heavy atom. The summed E-state index contributed by atoms with van der Waals surface area (Å²) in [6.45, 7) is 0.983. The van der Waals surface area contributed by atoms with Crippen molar-refractivity contribution in [1.82, 2.24) is 10.2 Å². The summed E-state index contributed by atoms with van der Waals surface area (Å²) >= 11 is 2.00. The van der Waals surface area contributed by atoms with Gasteiger partial charge >= 0.3 is 0 Å². The number of carbonyl (C=O) groups excluding carboxylic acids is 3. The molecule has 0 aliphatic heterocycles. The fraction of sp³-hybridized carbons (Fsp3) is 0.414. The molecule has 3 atom stereocenters. The molecule has 0 saturated heterocycles. The minimum absolute atomic E-state index is 0.0141. The van der Waals surface area contributed by atoms with Crippen molar-refractivity contribution in [3.05, 3.63) is 68.6 Å². The number of hydrogen-bond acceptors (Lipinski definition) is 8. The second kappa shape index (κ2) is 15.2. The fourth-order valence-electron chi connectivity index (χ4n) is 4.57. The molecule has 0 saturated carbocycles. The van der Waals surface area contributed by atoms with Gasteiger partial charge in [-0.25, -0.2) is 4.39 Å². The number of nitrogens with one attached hydrogen (secondary N) is 1. The van der Waals surface area contributed by atoms with Crippen LogP contribution < -0.4 is 14.8 Å². The zero-order valence-electron chi connectivity index (χ0n) is 22.8. The first-order chi connectivity index (χ1) is 19.6. The van der Waals surface area contributed by atoms with Gasteiger partial charge in [0.05, 0.1) is 29.9 Å². The van der Waals surface area contributed by atoms with Crippen LogP contribution in [-0.2, 0) is 27.4 Å². The topological polar surface area (TPSA) is 146 Å². The van der Waals surface area contributed by atoms with E-state index in [0.717, 1.165) is 0 Å². The first-order valence-electron chi connectivity index (χ1n) is 13.1. The SMILES string of the molecule is CCC(=O)C(=O)N(CCc1cccc(F)c1)[C@@H]1CC(C(=O)NCCO)=C[C@H](Oc2c(I)cc(CO)cc2OC)[C@H]1O. The molecule has 0 radical (unpaired) electrons. The Hall–Kier alpha value is -3.07. The van der Waals surface area contributed by atoms with Crippen LogP contribution in [-0.4, -0.2) is 82.9 Å². The number of ether oxygens (including phenoxy) is 2. The number of aliphatic hydroxyl groups excluding tert-OH is 3. The Labute approximate surface area is 251 Å². The number of hydrogen-bond donors (Lipinski definition) is 4. The first kappa shape index (κ1) is 32.4. The van der Waals surface area contributed by atoms with Gasteiger partial charge in [0.1, 0.15) is 18.0 Å². The van der Waals surface area contributed by atoms with Gasteiger partial charge in [0.25, 0.3) is 5.91 Å². The molecule has 0 aromatic heterocycles. The molecule has 0 heterocycles. The zero-order valence-corrected chi connectivity index (χ0v) is 25.0. The van der Waals surface area contributed by atoms with Gasteiger partial charge in [-0.3, -0.25) is 14.4 Å². The van der Waals surface area contributed by atoms with E-state index in [0.29, 0.717) is 14.7 Å². The third kappa shape index (κ3) is 8.24. The summed E-state index contributed by atoms with van der Waals surface area (Å²) in [7, 11) is 1.42. The fourth-order valence-corrected chi connectivity index (χ4v) is 5.36. The lowest BCUT2D eigenvalue weighted by Crippen LogP contribution is -2.56. The molecule has 1 aliphatic rings. The minimum atomic E-state index is -1.37. The van der Waals surface area contributed by atoms with E-state index in [1.165, 1.54) is 36.3 Å². The van der Waals surface area contributed by atoms with Crippen LogP contribution in [0.1, 0.15) is 30.9 Å². The lowest BCUT2D eigenvalue weighted by molar-refractivity contribution is -0.149. The van der Waals surface area contributed by atoms with Crippen molar-refractivity contribution < 1.29 is 43.6 Å². The van der Waals surface area contributed by atoms with Crippen LogP contribution in [0.15, 0.2) is 48.0 Å². The summed E-state index contributed by atoms with van der Waals surface area (Å²) in [6.07, 6.45) is -1.04. The molecular formula is C29H34FIN2O8. The number of amides is 2. The van der Waals surface area contributed by atoms with Gasteiger partial charge in [-0.1, -0.05) is 19.1 Å². The summed E-state index contributed by atoms with van der Waals surface area (Å²) in [6, 6.07) is 8.06. The number of aliphatic hydroxyl groups is 3. The van der Waals surface area contributed by atoms with Gasteiger partial charge in [0.15, 0.2) is 11.5 Å². The summed E-state index contributed by atoms with van der Waals surface area (Å²) in [5.41, 5.74) is 1.35. The number of carbonyl (C=O) groups is 3. The van der Waals surface area contributed by atoms with Crippen molar-refractivity contribution >= 4 is 40.2 Å². The molecule has 0 unspecified atom stereocenters. The third-order valence-corrected chi connectivity index (χ3v) is 7.49. The third-order valence-electron chi connectivity index (χ3n) is 6.69. The Bertz CT molecular complexity index is 1290. The lowest BCUT2D eigenvalue weighted by Gasteiger charge is -2.40. The van der Waals surface area contributed by atoms with Gasteiger partial charge in [0.2, 0.25) is 11.7 Å². The average molecular weight is 684 g/mol. The second-order valence-electron chi connectivity index (χ2n) is 9.44. The molecule has 0 fully saturated rings. The van der Waals surface area contributed by atoms with Gasteiger partial charge < -0.3 is 35.0 Å². The highest BCUT2D eigenvalue weighted by atomic mass is 127. The van der Waals surface area contributed by atoms with Crippen molar-refractivity contribution in [2.45, 2.75) is 51.0 Å². The Balaban J connectivity index is 2.02. The molecule has 12 heteroatoms. The smallest absolute Gasteiger partial charge is 0.290 e. The minimum Gasteiger partial charge on any atom is -0.493 e. The molecule has 0 bridgehead atoms. The maximum absolute atomic E-state index is 13.8. The summed E-state index contributed by atoms with van der Waals surface area (Å²) in [5.74, 6) is -1.94. The Kier molecular flexibility index (Phi) is 12.1. The van der Waals surface area contributed by atoms with Crippen LogP contribution in [0.4, 0.5) is 4.39 Å². The van der Waals surface area contributed by atoms with E-state index in [1.807, 2.05) is 22.6 Å². The van der Waals surface area contributed by atoms with Gasteiger partial charge in [0, 0.05) is 31.5 Å². The van der Waals surface area contributed by atoms with E-state index in [9.17, 15) is 34.1 Å². The van der Waals surface area contributed by atoms with Crippen molar-refractivity contribution in [3.8, 4) is 11.5 Å². The highest BCUT2D eigenvalue weighted by Crippen LogP contribution is 2.37. The van der Waals surface area contributed by atoms with Gasteiger partial charge in [-0.05, 0) is 70.5 Å². The van der Waals surface area contributed by atoms with Crippen molar-refractivity contribution in [3.63, 3.8) is 0 Å². The summed E-state index contributed by atoms with van der Waals surface area (Å²) < 4.78 is 26.0. The average Bonchev–Trinajstić information content (AvgIpc) is 2.97. The lowest BCUT2D eigenvalue weighted by atomic mass is 9.87. The second-order valence-corrected chi connectivity index (χ2v) is 10.6. The number of Topliss-reactive ketones (excluding diaryl/α,β-unsaturated/α-hetero) is 1. The number of methoxy groups -OCH3 is 1. The predicted molar refractivity (Wildman–Crippen MR) is 156 cm³/mol. The molecule has 10 nitrogen and oxygen atoms in total. The maximum Gasteiger partial charge on any atom is 0.290 e. The quantitative estimate of drug-likeness (QED) is 0.185. The van der Waals surface area contributed by atoms with Crippen molar-refractivity contribution in [2.24, 2.45) is 0 Å². The molecule has 41 heavy (non-hydrogen) atoms. The number of halogens is 2. The van der Waals surface area contributed by atoms with E-state index in [2.05, 4.69) is 5.32 Å². The highest BCUT2D eigenvalue weighted by molar-refractivity contribution is 14.1. The van der Waals surface area contributed by atoms with Crippen LogP contribution in [0.2, 0.25) is 0 Å². The van der Waals surface area contributed by atoms with Crippen LogP contribution >= 0.6 is 22.6 Å². The van der Waals surface area contributed by atoms with Crippen molar-refractivity contribution in [2.75, 3.05) is 26.8 Å². The van der Waals surface area contributed by atoms with E-state index >= 15 is 0 Å². The molecule has 1 aliphatic carbocycles. The standard InChI is InChI=1S/C29H34FIN2O8/c1-3-23(36)29(39)33(9-7-17-5-4-6-20(30)11-17)22-14-19(28(38)32-8-10-34)15-24(26(22)37)41-27-21(31)12-18(16-35)13-25(27)40-2/h4-6,11-13,15,22,24,26,34-35,37H,3,7-10,14,16H2,1-2H3,(H,32,38)/t22-,24+,26+/m1/s1. The summed E-state index contributed by atoms with van der Waals surface area (Å²) in [4.78, 5) is 40.1. The largest absolute Gasteiger partial charge is 0.493 e. The zero-order chi connectivity index (χ0) is 30.1. The Morgan fingerprint density at radius 3 is 2.56 bits per heavy atom. The predicted octanol–water partition coefficient (Wildman–Crippen LogP) is 1.90. The van der Waals surface area contributed by atoms with Crippen LogP contribution in [0.3, 0.4) is 0 Å². The van der Waals surface area contributed by atoms with Crippen LogP contribution in [0, 0.1) is 9.39 Å². The number of rotatable bonds is 13. The van der Waals surface area contributed by atoms with Crippen molar-refractivity contribution in [1.29, 1.82) is 0 Å². The number of benzene rings is 2. The monoisotopic (exact) mass is 684 g/mol. The molecule has 2 aromatic rings. The molecule has 4 N–H and O–H groups in total. The number of nitrogens with zero attached hydrogens (tertiary/aromatic N) is 1. The van der Waals surface area contributed by atoms with Crippen LogP contribution in [0.5, 0.6) is 11.5 Å². The van der Waals surface area contributed by atoms with E-state index < -0.39 is 41.7 Å². The first-order valence-corrected chi connectivity index (χ1v) is 14.2. The molecular weight excluding hydrogens is 650 g/mol.